The molecule has 0 saturated heterocycles. The molecule has 0 aromatic carbocycles. The number of aliphatic hydroxyl groups is 1. The molecule has 19 heteroatoms. The van der Waals surface area contributed by atoms with Crippen LogP contribution in [0.5, 0.6) is 0 Å². The third-order valence-corrected chi connectivity index (χ3v) is 19.9. The van der Waals surface area contributed by atoms with Crippen LogP contribution < -0.4 is 0 Å². The number of carbonyl (C=O) groups excluding carboxylic acids is 4. The van der Waals surface area contributed by atoms with Gasteiger partial charge in [-0.3, -0.25) is 37.3 Å². The fraction of sp³-hybridized carbons (Fsp3) is 0.948. The molecule has 0 aliphatic carbocycles. The molecule has 3 N–H and O–H groups in total. The number of aliphatic hydroxyl groups excluding tert-OH is 1. The molecular weight excluding hydrogens is 1260 g/mol. The van der Waals surface area contributed by atoms with E-state index in [2.05, 4.69) is 41.5 Å². The average molecular weight is 1410 g/mol. The summed E-state index contributed by atoms with van der Waals surface area (Å²) in [6.07, 6.45) is 57.0. The second-order valence-corrected chi connectivity index (χ2v) is 31.6. The van der Waals surface area contributed by atoms with Gasteiger partial charge in [0.15, 0.2) is 12.2 Å². The van der Waals surface area contributed by atoms with Crippen LogP contribution in [-0.2, 0) is 65.4 Å². The molecule has 570 valence electrons. The van der Waals surface area contributed by atoms with E-state index in [-0.39, 0.29) is 25.7 Å². The minimum absolute atomic E-state index is 0.106. The molecule has 0 radical (unpaired) electrons. The van der Waals surface area contributed by atoms with E-state index in [9.17, 15) is 43.2 Å². The van der Waals surface area contributed by atoms with E-state index < -0.39 is 97.5 Å². The Morgan fingerprint density at radius 1 is 0.281 bits per heavy atom. The molecule has 0 aromatic rings. The lowest BCUT2D eigenvalue weighted by molar-refractivity contribution is -0.161. The van der Waals surface area contributed by atoms with Gasteiger partial charge in [0, 0.05) is 25.7 Å². The van der Waals surface area contributed by atoms with E-state index in [0.29, 0.717) is 31.6 Å². The summed E-state index contributed by atoms with van der Waals surface area (Å²) in [5.74, 6) is -0.618. The Kier molecular flexibility index (Phi) is 67.4. The standard InChI is InChI=1S/C77H150O17P2/c1-7-9-11-13-15-17-19-20-21-22-23-24-25-28-33-37-43-50-56-62-77(82)93-72(65-87-74(79)59-53-47-41-35-32-29-26-27-31-34-39-45-51-57-69(3)4)67-91-95(83,84)89-63-71(78)64-90-96(85,86)92-68-73(66-88-75(80)60-54-48-44-38-40-46-52-58-70(5)6)94-76(81)61-55-49-42-36-30-18-16-14-12-10-8-2/h69-73,78H,7-68H2,1-6H3,(H,83,84)(H,85,86)/t71-,72-,73-/m1/s1. The van der Waals surface area contributed by atoms with Crippen molar-refractivity contribution >= 4 is 39.5 Å². The predicted octanol–water partition coefficient (Wildman–Crippen LogP) is 22.7. The smallest absolute Gasteiger partial charge is 0.462 e. The first-order valence-electron chi connectivity index (χ1n) is 40.0. The number of ether oxygens (including phenoxy) is 4. The minimum atomic E-state index is -4.96. The van der Waals surface area contributed by atoms with Crippen molar-refractivity contribution in [3.63, 3.8) is 0 Å². The Morgan fingerprint density at radius 2 is 0.479 bits per heavy atom. The van der Waals surface area contributed by atoms with Gasteiger partial charge in [-0.05, 0) is 37.5 Å². The zero-order valence-electron chi connectivity index (χ0n) is 62.7. The van der Waals surface area contributed by atoms with E-state index >= 15 is 0 Å². The zero-order valence-corrected chi connectivity index (χ0v) is 64.5. The highest BCUT2D eigenvalue weighted by Gasteiger charge is 2.30. The van der Waals surface area contributed by atoms with Crippen molar-refractivity contribution in [3.8, 4) is 0 Å². The molecule has 0 aliphatic heterocycles. The van der Waals surface area contributed by atoms with Crippen LogP contribution in [0.1, 0.15) is 401 Å². The highest BCUT2D eigenvalue weighted by atomic mass is 31.2. The molecule has 0 aromatic heterocycles. The molecule has 5 atom stereocenters. The SMILES string of the molecule is CCCCCCCCCCCCCCCCCCCCCC(=O)O[C@H](COC(=O)CCCCCCCCCCCCCCCC(C)C)COP(=O)(O)OC[C@@H](O)COP(=O)(O)OC[C@@H](COC(=O)CCCCCCCCCC(C)C)OC(=O)CCCCCCCCCCCCC. The molecule has 0 fully saturated rings. The van der Waals surface area contributed by atoms with Crippen molar-refractivity contribution in [3.05, 3.63) is 0 Å². The zero-order chi connectivity index (χ0) is 70.7. The van der Waals surface area contributed by atoms with Crippen LogP contribution in [0.15, 0.2) is 0 Å². The second-order valence-electron chi connectivity index (χ2n) is 28.7. The van der Waals surface area contributed by atoms with Crippen LogP contribution >= 0.6 is 15.6 Å². The quantitative estimate of drug-likeness (QED) is 0.0222. The molecule has 2 unspecified atom stereocenters. The Bertz CT molecular complexity index is 1860. The van der Waals surface area contributed by atoms with Crippen LogP contribution in [-0.4, -0.2) is 96.7 Å². The summed E-state index contributed by atoms with van der Waals surface area (Å²) in [5.41, 5.74) is 0. The van der Waals surface area contributed by atoms with Gasteiger partial charge in [-0.1, -0.05) is 350 Å². The Balaban J connectivity index is 5.22. The average Bonchev–Trinajstić information content (AvgIpc) is 1.72. The summed E-state index contributed by atoms with van der Waals surface area (Å²) in [6.45, 7) is 9.56. The van der Waals surface area contributed by atoms with E-state index in [0.717, 1.165) is 102 Å². The van der Waals surface area contributed by atoms with Gasteiger partial charge in [0.2, 0.25) is 0 Å². The Morgan fingerprint density at radius 3 is 0.708 bits per heavy atom. The molecule has 0 saturated carbocycles. The van der Waals surface area contributed by atoms with Gasteiger partial charge < -0.3 is 33.8 Å². The fourth-order valence-corrected chi connectivity index (χ4v) is 13.4. The van der Waals surface area contributed by atoms with Crippen LogP contribution in [0, 0.1) is 11.8 Å². The normalized spacial score (nSPS) is 14.0. The summed E-state index contributed by atoms with van der Waals surface area (Å²) >= 11 is 0. The first-order valence-corrected chi connectivity index (χ1v) is 43.0. The third kappa shape index (κ3) is 70.5. The first kappa shape index (κ1) is 94.1. The number of phosphoric ester groups is 2. The maximum atomic E-state index is 13.1. The van der Waals surface area contributed by atoms with E-state index in [4.69, 9.17) is 37.0 Å². The molecule has 17 nitrogen and oxygen atoms in total. The Hall–Kier alpha value is -1.94. The van der Waals surface area contributed by atoms with Crippen LogP contribution in [0.25, 0.3) is 0 Å². The highest BCUT2D eigenvalue weighted by molar-refractivity contribution is 7.47. The third-order valence-electron chi connectivity index (χ3n) is 18.0. The lowest BCUT2D eigenvalue weighted by Crippen LogP contribution is -2.30. The first-order chi connectivity index (χ1) is 46.4. The predicted molar refractivity (Wildman–Crippen MR) is 391 cm³/mol. The summed E-state index contributed by atoms with van der Waals surface area (Å²) in [7, 11) is -9.91. The van der Waals surface area contributed by atoms with Gasteiger partial charge >= 0.3 is 39.5 Å². The topological polar surface area (TPSA) is 237 Å². The summed E-state index contributed by atoms with van der Waals surface area (Å²) < 4.78 is 68.5. The number of unbranched alkanes of at least 4 members (excludes halogenated alkanes) is 46. The van der Waals surface area contributed by atoms with Gasteiger partial charge in [0.1, 0.15) is 19.3 Å². The lowest BCUT2D eigenvalue weighted by Gasteiger charge is -2.21. The van der Waals surface area contributed by atoms with Gasteiger partial charge in [0.25, 0.3) is 0 Å². The maximum Gasteiger partial charge on any atom is 0.472 e. The molecule has 0 bridgehead atoms. The van der Waals surface area contributed by atoms with Gasteiger partial charge in [-0.15, -0.1) is 0 Å². The molecule has 0 heterocycles. The van der Waals surface area contributed by atoms with Crippen molar-refractivity contribution in [2.45, 2.75) is 419 Å². The van der Waals surface area contributed by atoms with Crippen molar-refractivity contribution < 1.29 is 80.2 Å². The number of esters is 4. The van der Waals surface area contributed by atoms with Crippen molar-refractivity contribution in [1.82, 2.24) is 0 Å². The van der Waals surface area contributed by atoms with Crippen molar-refractivity contribution in [1.29, 1.82) is 0 Å². The van der Waals surface area contributed by atoms with Crippen molar-refractivity contribution in [2.75, 3.05) is 39.6 Å². The monoisotopic (exact) mass is 1410 g/mol. The summed E-state index contributed by atoms with van der Waals surface area (Å²) in [5, 5.41) is 10.6. The summed E-state index contributed by atoms with van der Waals surface area (Å²) in [4.78, 5) is 72.8. The van der Waals surface area contributed by atoms with Gasteiger partial charge in [0.05, 0.1) is 26.4 Å². The molecule has 0 spiro atoms. The number of hydrogen-bond acceptors (Lipinski definition) is 15. The maximum absolute atomic E-state index is 13.1. The molecular formula is C77H150O17P2. The summed E-state index contributed by atoms with van der Waals surface area (Å²) in [6, 6.07) is 0. The van der Waals surface area contributed by atoms with Gasteiger partial charge in [-0.2, -0.15) is 0 Å². The van der Waals surface area contributed by atoms with E-state index in [1.165, 1.54) is 212 Å². The van der Waals surface area contributed by atoms with Crippen LogP contribution in [0.4, 0.5) is 0 Å². The fourth-order valence-electron chi connectivity index (χ4n) is 11.8. The highest BCUT2D eigenvalue weighted by Crippen LogP contribution is 2.45. The number of hydrogen-bond donors (Lipinski definition) is 3. The Labute approximate surface area is 588 Å². The van der Waals surface area contributed by atoms with Crippen LogP contribution in [0.3, 0.4) is 0 Å². The second kappa shape index (κ2) is 68.8. The largest absolute Gasteiger partial charge is 0.472 e. The molecule has 0 aliphatic rings. The molecule has 0 rings (SSSR count). The minimum Gasteiger partial charge on any atom is -0.462 e. The number of carbonyl (C=O) groups is 4. The van der Waals surface area contributed by atoms with Crippen LogP contribution in [0.2, 0.25) is 0 Å². The van der Waals surface area contributed by atoms with E-state index in [1.807, 2.05) is 0 Å². The van der Waals surface area contributed by atoms with E-state index in [1.54, 1.807) is 0 Å². The lowest BCUT2D eigenvalue weighted by atomic mass is 10.0. The molecule has 96 heavy (non-hydrogen) atoms. The van der Waals surface area contributed by atoms with Crippen molar-refractivity contribution in [2.24, 2.45) is 11.8 Å². The van der Waals surface area contributed by atoms with Gasteiger partial charge in [-0.25, -0.2) is 9.13 Å². The number of phosphoric acid groups is 2. The molecule has 0 amide bonds. The number of rotatable bonds is 76.